The van der Waals surface area contributed by atoms with Gasteiger partial charge in [-0.15, -0.1) is 11.3 Å². The lowest BCUT2D eigenvalue weighted by molar-refractivity contribution is -0.301. The summed E-state index contributed by atoms with van der Waals surface area (Å²) in [6.45, 7) is 0.642. The monoisotopic (exact) mass is 559 g/mol. The highest BCUT2D eigenvalue weighted by atomic mass is 79.9. The maximum Gasteiger partial charge on any atom is 0.247 e. The Bertz CT molecular complexity index is 1100. The summed E-state index contributed by atoms with van der Waals surface area (Å²) in [5, 5.41) is 40.9. The summed E-state index contributed by atoms with van der Waals surface area (Å²) in [5.74, 6) is 0.402. The molecular weight excluding hydrogens is 534 g/mol. The molecule has 3 aromatic heterocycles. The van der Waals surface area contributed by atoms with Gasteiger partial charge < -0.3 is 44.9 Å². The van der Waals surface area contributed by atoms with Crippen LogP contribution < -0.4 is 10.5 Å². The van der Waals surface area contributed by atoms with Gasteiger partial charge in [-0.25, -0.2) is 4.98 Å². The summed E-state index contributed by atoms with van der Waals surface area (Å²) >= 11 is 4.98. The van der Waals surface area contributed by atoms with Crippen LogP contribution in [0.25, 0.3) is 11.2 Å². The number of hydrogen-bond donors (Lipinski definition) is 5. The van der Waals surface area contributed by atoms with Gasteiger partial charge in [0.15, 0.2) is 17.5 Å². The third-order valence-electron chi connectivity index (χ3n) is 5.35. The second-order valence-corrected chi connectivity index (χ2v) is 9.70. The van der Waals surface area contributed by atoms with Gasteiger partial charge >= 0.3 is 0 Å². The number of ether oxygens (including phenoxy) is 3. The first-order chi connectivity index (χ1) is 16.4. The molecular formula is C20H26BrN5O7S. The first-order valence-corrected chi connectivity index (χ1v) is 12.3. The van der Waals surface area contributed by atoms with Crippen molar-refractivity contribution >= 4 is 44.4 Å². The lowest BCUT2D eigenvalue weighted by Crippen LogP contribution is -2.59. The van der Waals surface area contributed by atoms with Gasteiger partial charge in [-0.3, -0.25) is 0 Å². The van der Waals surface area contributed by atoms with E-state index in [0.717, 1.165) is 9.35 Å². The number of aliphatic hydroxyl groups is 4. The first kappa shape index (κ1) is 25.2. The van der Waals surface area contributed by atoms with Crippen LogP contribution in [-0.4, -0.2) is 83.9 Å². The average Bonchev–Trinajstić information content (AvgIpc) is 3.43. The van der Waals surface area contributed by atoms with Crippen LogP contribution in [-0.2, 0) is 22.6 Å². The number of nitrogen functional groups attached to an aromatic ring is 1. The van der Waals surface area contributed by atoms with E-state index in [0.29, 0.717) is 43.0 Å². The zero-order chi connectivity index (χ0) is 24.2. The molecule has 12 nitrogen and oxygen atoms in total. The van der Waals surface area contributed by atoms with Crippen LogP contribution in [0.3, 0.4) is 0 Å². The highest BCUT2D eigenvalue weighted by Gasteiger charge is 2.43. The fraction of sp³-hybridized carbons (Fsp3) is 0.550. The van der Waals surface area contributed by atoms with Gasteiger partial charge in [0.1, 0.15) is 31.0 Å². The predicted octanol–water partition coefficient (Wildman–Crippen LogP) is 0.408. The zero-order valence-electron chi connectivity index (χ0n) is 18.0. The topological polar surface area (TPSA) is 178 Å². The van der Waals surface area contributed by atoms with E-state index in [4.69, 9.17) is 19.9 Å². The molecule has 0 bridgehead atoms. The fourth-order valence-electron chi connectivity index (χ4n) is 3.56. The van der Waals surface area contributed by atoms with Crippen LogP contribution in [0.1, 0.15) is 17.7 Å². The van der Waals surface area contributed by atoms with Crippen molar-refractivity contribution < 1.29 is 34.6 Å². The Labute approximate surface area is 207 Å². The number of thiophene rings is 1. The van der Waals surface area contributed by atoms with E-state index in [9.17, 15) is 20.4 Å². The Kier molecular flexibility index (Phi) is 8.31. The van der Waals surface area contributed by atoms with E-state index < -0.39 is 37.3 Å². The summed E-state index contributed by atoms with van der Waals surface area (Å²) in [7, 11) is 0. The number of nitrogens with zero attached hydrogens (tertiary/aromatic N) is 4. The van der Waals surface area contributed by atoms with Crippen LogP contribution in [0.4, 0.5) is 5.95 Å². The number of fused-ring (bicyclic) bond motifs is 1. The molecule has 0 amide bonds. The van der Waals surface area contributed by atoms with E-state index in [1.54, 1.807) is 17.7 Å². The number of anilines is 1. The predicted molar refractivity (Wildman–Crippen MR) is 125 cm³/mol. The van der Waals surface area contributed by atoms with E-state index in [-0.39, 0.29) is 12.6 Å². The molecule has 0 spiro atoms. The summed E-state index contributed by atoms with van der Waals surface area (Å²) < 4.78 is 19.5. The van der Waals surface area contributed by atoms with Gasteiger partial charge in [-0.1, -0.05) is 0 Å². The van der Waals surface area contributed by atoms with E-state index in [1.165, 1.54) is 0 Å². The van der Waals surface area contributed by atoms with Crippen molar-refractivity contribution in [2.75, 3.05) is 18.9 Å². The number of imidazole rings is 1. The number of nitrogens with two attached hydrogens (primary N) is 1. The third-order valence-corrected chi connectivity index (χ3v) is 7.02. The standard InChI is InChI=1S/C20H26BrN5O7S/c21-10-5-11(34-8-10)7-32-18-13-17(24-20(22)25-18)26(9-23-13)3-1-2-4-31-19-16(30)15(29)14(28)12(6-27)33-19/h5,8-9,12,14-16,19,27-30H,1-4,6-7H2,(H2,22,24,25)/t12?,14-,15-,16?,19+/m1/s1. The fourth-order valence-corrected chi connectivity index (χ4v) is 4.92. The number of rotatable bonds is 10. The summed E-state index contributed by atoms with van der Waals surface area (Å²) in [4.78, 5) is 13.9. The molecule has 1 saturated heterocycles. The molecule has 1 aliphatic heterocycles. The van der Waals surface area contributed by atoms with Crippen molar-refractivity contribution in [2.24, 2.45) is 0 Å². The Balaban J connectivity index is 1.30. The summed E-state index contributed by atoms with van der Waals surface area (Å²) in [6.07, 6.45) is -3.49. The maximum absolute atomic E-state index is 10.0. The van der Waals surface area contributed by atoms with Crippen LogP contribution in [0.2, 0.25) is 0 Å². The van der Waals surface area contributed by atoms with Crippen LogP contribution >= 0.6 is 27.3 Å². The SMILES string of the molecule is Nc1nc(OCc2cc(Br)cs2)c2ncn(CCCCO[C@H]3OC(CO)[C@@H](O)[C@@H](O)C3O)c2n1. The normalized spacial score (nSPS) is 25.1. The number of hydrogen-bond acceptors (Lipinski definition) is 12. The van der Waals surface area contributed by atoms with Crippen molar-refractivity contribution in [1.82, 2.24) is 19.5 Å². The van der Waals surface area contributed by atoms with Crippen molar-refractivity contribution in [3.8, 4) is 5.88 Å². The van der Waals surface area contributed by atoms with Crippen molar-refractivity contribution in [1.29, 1.82) is 0 Å². The number of aromatic nitrogens is 4. The molecule has 1 aliphatic rings. The summed E-state index contributed by atoms with van der Waals surface area (Å²) in [5.41, 5.74) is 6.96. The Morgan fingerprint density at radius 1 is 1.18 bits per heavy atom. The molecule has 4 rings (SSSR count). The van der Waals surface area contributed by atoms with Gasteiger partial charge in [0.2, 0.25) is 11.8 Å². The molecule has 0 aromatic carbocycles. The van der Waals surface area contributed by atoms with Gasteiger partial charge in [0.05, 0.1) is 12.9 Å². The highest BCUT2D eigenvalue weighted by molar-refractivity contribution is 9.10. The van der Waals surface area contributed by atoms with Gasteiger partial charge in [0.25, 0.3) is 0 Å². The van der Waals surface area contributed by atoms with E-state index in [2.05, 4.69) is 30.9 Å². The number of aryl methyl sites for hydroxylation is 1. The van der Waals surface area contributed by atoms with Gasteiger partial charge in [-0.2, -0.15) is 9.97 Å². The lowest BCUT2D eigenvalue weighted by atomic mass is 9.99. The highest BCUT2D eigenvalue weighted by Crippen LogP contribution is 2.26. The minimum atomic E-state index is -1.46. The van der Waals surface area contributed by atoms with Crippen LogP contribution in [0.5, 0.6) is 5.88 Å². The second-order valence-electron chi connectivity index (χ2n) is 7.79. The second kappa shape index (κ2) is 11.2. The molecule has 0 radical (unpaired) electrons. The molecule has 3 aromatic rings. The first-order valence-electron chi connectivity index (χ1n) is 10.6. The average molecular weight is 560 g/mol. The zero-order valence-corrected chi connectivity index (χ0v) is 20.4. The molecule has 34 heavy (non-hydrogen) atoms. The lowest BCUT2D eigenvalue weighted by Gasteiger charge is -2.39. The van der Waals surface area contributed by atoms with Crippen molar-refractivity contribution in [2.45, 2.75) is 56.7 Å². The number of aliphatic hydroxyl groups excluding tert-OH is 4. The molecule has 0 aliphatic carbocycles. The van der Waals surface area contributed by atoms with Gasteiger partial charge in [0, 0.05) is 27.9 Å². The smallest absolute Gasteiger partial charge is 0.247 e. The largest absolute Gasteiger partial charge is 0.470 e. The Hall–Kier alpha value is -1.91. The minimum Gasteiger partial charge on any atom is -0.470 e. The molecule has 186 valence electrons. The number of halogens is 1. The van der Waals surface area contributed by atoms with Crippen molar-refractivity contribution in [3.05, 3.63) is 27.1 Å². The molecule has 1 fully saturated rings. The molecule has 5 atom stereocenters. The third kappa shape index (κ3) is 5.66. The van der Waals surface area contributed by atoms with Crippen LogP contribution in [0, 0.1) is 0 Å². The van der Waals surface area contributed by atoms with Gasteiger partial charge in [-0.05, 0) is 34.8 Å². The molecule has 0 saturated carbocycles. The maximum atomic E-state index is 10.0. The molecule has 4 heterocycles. The summed E-state index contributed by atoms with van der Waals surface area (Å²) in [6, 6.07) is 1.97. The Morgan fingerprint density at radius 3 is 2.74 bits per heavy atom. The van der Waals surface area contributed by atoms with E-state index >= 15 is 0 Å². The Morgan fingerprint density at radius 2 is 2.00 bits per heavy atom. The minimum absolute atomic E-state index is 0.0857. The molecule has 6 N–H and O–H groups in total. The molecule has 14 heteroatoms. The van der Waals surface area contributed by atoms with E-state index in [1.807, 2.05) is 16.0 Å². The number of unbranched alkanes of at least 4 members (excludes halogenated alkanes) is 1. The van der Waals surface area contributed by atoms with Crippen molar-refractivity contribution in [3.63, 3.8) is 0 Å². The quantitative estimate of drug-likeness (QED) is 0.217. The van der Waals surface area contributed by atoms with Crippen LogP contribution in [0.15, 0.2) is 22.2 Å². The molecule has 2 unspecified atom stereocenters.